The number of hydrogen-bond acceptors (Lipinski definition) is 2. The number of hydrogen-bond donors (Lipinski definition) is 1. The van der Waals surface area contributed by atoms with E-state index in [0.29, 0.717) is 5.92 Å². The maximum absolute atomic E-state index is 6.99. The van der Waals surface area contributed by atoms with Gasteiger partial charge < -0.3 is 5.01 Å². The fraction of sp³-hybridized carbons (Fsp3) is 0.294. The molecule has 2 atom stereocenters. The first-order valence-corrected chi connectivity index (χ1v) is 15.8. The lowest BCUT2D eigenvalue weighted by atomic mass is 9.57. The van der Waals surface area contributed by atoms with Crippen LogP contribution < -0.4 is 31.6 Å². The molecule has 188 valence electrons. The number of benzene rings is 4. The molecule has 0 aromatic heterocycles. The first-order valence-electron chi connectivity index (χ1n) is 13.8. The largest absolute Gasteiger partial charge is 0.305 e. The Balaban J connectivity index is 1.67. The van der Waals surface area contributed by atoms with Crippen LogP contribution in [-0.2, 0) is 5.41 Å². The van der Waals surface area contributed by atoms with E-state index in [1.807, 2.05) is 0 Å². The third-order valence-corrected chi connectivity index (χ3v) is 14.4. The third-order valence-electron chi connectivity index (χ3n) is 9.60. The smallest absolute Gasteiger partial charge is 0.179 e. The Bertz CT molecular complexity index is 1290. The van der Waals surface area contributed by atoms with E-state index in [4.69, 9.17) is 5.84 Å². The molecule has 37 heavy (non-hydrogen) atoms. The molecule has 2 unspecified atom stereocenters. The number of hydrazine groups is 1. The summed E-state index contributed by atoms with van der Waals surface area (Å²) in [6.45, 7) is 7.33. The zero-order valence-corrected chi connectivity index (χ0v) is 23.3. The molecule has 4 aromatic carbocycles. The number of nitrogens with two attached hydrogens (primary N) is 1. The summed E-state index contributed by atoms with van der Waals surface area (Å²) >= 11 is 0. The molecule has 0 saturated heterocycles. The number of nitrogens with zero attached hydrogens (tertiary/aromatic N) is 1. The van der Waals surface area contributed by atoms with E-state index in [-0.39, 0.29) is 11.0 Å². The van der Waals surface area contributed by atoms with Crippen LogP contribution >= 0.6 is 0 Å². The first kappa shape index (κ1) is 24.2. The second-order valence-corrected chi connectivity index (χ2v) is 15.6. The molecule has 1 fully saturated rings. The molecule has 2 aliphatic rings. The molecule has 0 spiro atoms. The van der Waals surface area contributed by atoms with Crippen molar-refractivity contribution in [3.05, 3.63) is 115 Å². The maximum Gasteiger partial charge on any atom is 0.179 e. The van der Waals surface area contributed by atoms with Gasteiger partial charge in [-0.2, -0.15) is 0 Å². The average Bonchev–Trinajstić information content (AvgIpc) is 2.94. The van der Waals surface area contributed by atoms with Crippen molar-refractivity contribution in [3.63, 3.8) is 0 Å². The number of fused-ring (bicyclic) bond motifs is 2. The molecule has 3 heteroatoms. The lowest BCUT2D eigenvalue weighted by Gasteiger charge is -2.59. The lowest BCUT2D eigenvalue weighted by molar-refractivity contribution is 0.109. The minimum absolute atomic E-state index is 0.00305. The summed E-state index contributed by atoms with van der Waals surface area (Å²) in [6.07, 6.45) is 4.95. The summed E-state index contributed by atoms with van der Waals surface area (Å²) in [4.78, 5) is 0. The molecule has 1 aliphatic heterocycles. The summed E-state index contributed by atoms with van der Waals surface area (Å²) in [5, 5.41) is 7.79. The third kappa shape index (κ3) is 3.55. The Kier molecular flexibility index (Phi) is 5.89. The zero-order valence-electron chi connectivity index (χ0n) is 22.3. The van der Waals surface area contributed by atoms with Crippen LogP contribution in [0.1, 0.15) is 52.0 Å². The van der Waals surface area contributed by atoms with Crippen LogP contribution in [0.25, 0.3) is 0 Å². The molecule has 1 heterocycles. The van der Waals surface area contributed by atoms with Crippen molar-refractivity contribution in [2.45, 2.75) is 57.4 Å². The predicted octanol–water partition coefficient (Wildman–Crippen LogP) is 4.98. The van der Waals surface area contributed by atoms with Crippen molar-refractivity contribution in [1.29, 1.82) is 0 Å². The fourth-order valence-electron chi connectivity index (χ4n) is 7.77. The van der Waals surface area contributed by atoms with Crippen LogP contribution in [0.15, 0.2) is 109 Å². The second kappa shape index (κ2) is 9.00. The van der Waals surface area contributed by atoms with Gasteiger partial charge in [-0.15, -0.1) is 0 Å². The van der Waals surface area contributed by atoms with Gasteiger partial charge in [0.2, 0.25) is 0 Å². The molecule has 1 saturated carbocycles. The van der Waals surface area contributed by atoms with Gasteiger partial charge >= 0.3 is 0 Å². The van der Waals surface area contributed by atoms with Gasteiger partial charge in [0.05, 0.1) is 11.2 Å². The molecule has 0 bridgehead atoms. The highest BCUT2D eigenvalue weighted by atomic mass is 28.3. The Morgan fingerprint density at radius 3 is 1.70 bits per heavy atom. The van der Waals surface area contributed by atoms with E-state index in [2.05, 4.69) is 135 Å². The second-order valence-electron chi connectivity index (χ2n) is 11.8. The van der Waals surface area contributed by atoms with Gasteiger partial charge in [-0.1, -0.05) is 130 Å². The monoisotopic (exact) mass is 502 g/mol. The number of rotatable bonds is 4. The summed E-state index contributed by atoms with van der Waals surface area (Å²) in [6, 6.07) is 40.8. The molecular formula is C34H38N2Si. The Morgan fingerprint density at radius 2 is 1.19 bits per heavy atom. The SMILES string of the molecule is CC1(C)c2cc([Si](c3ccccc3)(c3ccccc3)c3ccccc3)ccc2N(N)C2(C)CCCCC12. The van der Waals surface area contributed by atoms with Crippen LogP contribution in [0.4, 0.5) is 5.69 Å². The molecule has 0 amide bonds. The molecule has 2 nitrogen and oxygen atoms in total. The van der Waals surface area contributed by atoms with Crippen LogP contribution in [0, 0.1) is 5.92 Å². The minimum atomic E-state index is -2.57. The maximum atomic E-state index is 6.99. The molecule has 2 N–H and O–H groups in total. The van der Waals surface area contributed by atoms with E-state index in [9.17, 15) is 0 Å². The highest BCUT2D eigenvalue weighted by molar-refractivity contribution is 7.19. The van der Waals surface area contributed by atoms with Gasteiger partial charge in [0, 0.05) is 0 Å². The Morgan fingerprint density at radius 1 is 0.676 bits per heavy atom. The van der Waals surface area contributed by atoms with E-state index in [1.54, 1.807) is 0 Å². The number of anilines is 1. The van der Waals surface area contributed by atoms with Gasteiger partial charge in [-0.05, 0) is 63.5 Å². The minimum Gasteiger partial charge on any atom is -0.305 e. The van der Waals surface area contributed by atoms with Crippen molar-refractivity contribution in [2.24, 2.45) is 11.8 Å². The summed E-state index contributed by atoms with van der Waals surface area (Å²) < 4.78 is 0. The molecule has 6 rings (SSSR count). The fourth-order valence-corrected chi connectivity index (χ4v) is 12.5. The van der Waals surface area contributed by atoms with Crippen LogP contribution in [0.2, 0.25) is 0 Å². The van der Waals surface area contributed by atoms with Gasteiger partial charge in [0.25, 0.3) is 0 Å². The van der Waals surface area contributed by atoms with E-state index >= 15 is 0 Å². The predicted molar refractivity (Wildman–Crippen MR) is 160 cm³/mol. The first-order chi connectivity index (χ1) is 17.9. The summed E-state index contributed by atoms with van der Waals surface area (Å²) in [7, 11) is -2.57. The van der Waals surface area contributed by atoms with Crippen molar-refractivity contribution in [1.82, 2.24) is 0 Å². The van der Waals surface area contributed by atoms with Crippen molar-refractivity contribution in [3.8, 4) is 0 Å². The molecule has 4 aromatic rings. The highest BCUT2D eigenvalue weighted by Crippen LogP contribution is 2.54. The average molecular weight is 503 g/mol. The normalized spacial score (nSPS) is 22.7. The van der Waals surface area contributed by atoms with Gasteiger partial charge in [-0.3, -0.25) is 0 Å². The summed E-state index contributed by atoms with van der Waals surface area (Å²) in [5.74, 6) is 7.52. The van der Waals surface area contributed by atoms with E-state index < -0.39 is 8.07 Å². The van der Waals surface area contributed by atoms with Crippen LogP contribution in [-0.4, -0.2) is 13.6 Å². The Labute approximate surface area is 223 Å². The van der Waals surface area contributed by atoms with E-state index in [1.165, 1.54) is 51.3 Å². The lowest BCUT2D eigenvalue weighted by Crippen LogP contribution is -2.75. The Hall–Kier alpha value is -3.14. The van der Waals surface area contributed by atoms with Gasteiger partial charge in [0.15, 0.2) is 8.07 Å². The zero-order chi connectivity index (χ0) is 25.7. The quantitative estimate of drug-likeness (QED) is 0.242. The van der Waals surface area contributed by atoms with Crippen LogP contribution in [0.3, 0.4) is 0 Å². The van der Waals surface area contributed by atoms with Gasteiger partial charge in [-0.25, -0.2) is 5.84 Å². The molecule has 1 aliphatic carbocycles. The van der Waals surface area contributed by atoms with Crippen molar-refractivity contribution in [2.75, 3.05) is 5.01 Å². The van der Waals surface area contributed by atoms with Crippen LogP contribution in [0.5, 0.6) is 0 Å². The highest BCUT2D eigenvalue weighted by Gasteiger charge is 2.54. The standard InChI is InChI=1S/C34H38N2Si/c1-33(2)30-25-29(22-23-31(30)36(35)34(3)24-14-13-21-32(33)34)37(26-15-7-4-8-16-26,27-17-9-5-10-18-27)28-19-11-6-12-20-28/h4-12,15-20,22-23,25,32H,13-14,21,24,35H2,1-3H3. The van der Waals surface area contributed by atoms with Crippen molar-refractivity contribution >= 4 is 34.5 Å². The molecular weight excluding hydrogens is 464 g/mol. The van der Waals surface area contributed by atoms with E-state index in [0.717, 1.165) is 6.42 Å². The van der Waals surface area contributed by atoms with Crippen molar-refractivity contribution < 1.29 is 0 Å². The topological polar surface area (TPSA) is 29.3 Å². The van der Waals surface area contributed by atoms with Gasteiger partial charge in [0.1, 0.15) is 0 Å². The molecule has 0 radical (unpaired) electrons. The summed E-state index contributed by atoms with van der Waals surface area (Å²) in [5.41, 5.74) is 2.65.